The van der Waals surface area contributed by atoms with Crippen molar-refractivity contribution in [3.63, 3.8) is 0 Å². The van der Waals surface area contributed by atoms with E-state index in [9.17, 15) is 19.7 Å². The van der Waals surface area contributed by atoms with E-state index in [4.69, 9.17) is 4.42 Å². The van der Waals surface area contributed by atoms with Gasteiger partial charge in [-0.25, -0.2) is 4.79 Å². The molecule has 1 heterocycles. The van der Waals surface area contributed by atoms with E-state index >= 15 is 0 Å². The molecule has 1 aliphatic rings. The van der Waals surface area contributed by atoms with Crippen molar-refractivity contribution < 1.29 is 14.1 Å². The maximum Gasteiger partial charge on any atom is 0.344 e. The Morgan fingerprint density at radius 1 is 1.28 bits per heavy atom. The Labute approximate surface area is 143 Å². The Morgan fingerprint density at radius 2 is 2.12 bits per heavy atom. The maximum absolute atomic E-state index is 12.2. The number of nitrogens with zero attached hydrogens (tertiary/aromatic N) is 1. The molecule has 0 bridgehead atoms. The molecule has 0 aliphatic heterocycles. The second kappa shape index (κ2) is 7.29. The maximum atomic E-state index is 12.2. The zero-order chi connectivity index (χ0) is 17.8. The summed E-state index contributed by atoms with van der Waals surface area (Å²) in [6, 6.07) is 5.31. The van der Waals surface area contributed by atoms with Crippen LogP contribution in [0.3, 0.4) is 0 Å². The van der Waals surface area contributed by atoms with Gasteiger partial charge in [-0.2, -0.15) is 0 Å². The number of nitrogens with one attached hydrogen (secondary N) is 1. The van der Waals surface area contributed by atoms with Gasteiger partial charge in [0.2, 0.25) is 0 Å². The van der Waals surface area contributed by atoms with Gasteiger partial charge in [-0.15, -0.1) is 0 Å². The van der Waals surface area contributed by atoms with Gasteiger partial charge in [0, 0.05) is 18.7 Å². The molecular formula is C18H18N2O5. The Bertz CT molecular complexity index is 913. The third-order valence-corrected chi connectivity index (χ3v) is 4.30. The molecule has 1 amide bonds. The third-order valence-electron chi connectivity index (χ3n) is 4.30. The molecule has 1 aliphatic carbocycles. The predicted octanol–water partition coefficient (Wildman–Crippen LogP) is 3.32. The van der Waals surface area contributed by atoms with E-state index in [0.29, 0.717) is 11.9 Å². The molecule has 2 aromatic rings. The van der Waals surface area contributed by atoms with Crippen LogP contribution in [0.5, 0.6) is 0 Å². The highest BCUT2D eigenvalue weighted by atomic mass is 16.6. The molecule has 0 radical (unpaired) electrons. The number of carbonyl (C=O) groups is 1. The Kier molecular flexibility index (Phi) is 4.92. The van der Waals surface area contributed by atoms with Crippen LogP contribution in [0.4, 0.5) is 5.69 Å². The quantitative estimate of drug-likeness (QED) is 0.510. The van der Waals surface area contributed by atoms with Gasteiger partial charge < -0.3 is 9.73 Å². The van der Waals surface area contributed by atoms with Crippen molar-refractivity contribution in [2.75, 3.05) is 6.54 Å². The third kappa shape index (κ3) is 3.93. The number of nitro groups is 1. The fourth-order valence-corrected chi connectivity index (χ4v) is 2.95. The summed E-state index contributed by atoms with van der Waals surface area (Å²) in [5.74, 6) is -0.558. The van der Waals surface area contributed by atoms with Crippen LogP contribution in [0.25, 0.3) is 10.8 Å². The number of fused-ring (bicyclic) bond motifs is 1. The number of hydrogen-bond donors (Lipinski definition) is 1. The van der Waals surface area contributed by atoms with Gasteiger partial charge in [-0.3, -0.25) is 14.9 Å². The molecule has 1 aromatic heterocycles. The smallest absolute Gasteiger partial charge is 0.344 e. The van der Waals surface area contributed by atoms with Crippen molar-refractivity contribution in [2.45, 2.75) is 32.1 Å². The fourth-order valence-electron chi connectivity index (χ4n) is 2.95. The van der Waals surface area contributed by atoms with E-state index < -0.39 is 16.5 Å². The van der Waals surface area contributed by atoms with E-state index in [-0.39, 0.29) is 16.8 Å². The van der Waals surface area contributed by atoms with E-state index in [0.717, 1.165) is 25.3 Å². The lowest BCUT2D eigenvalue weighted by molar-refractivity contribution is -0.384. The summed E-state index contributed by atoms with van der Waals surface area (Å²) in [5, 5.41) is 14.0. The summed E-state index contributed by atoms with van der Waals surface area (Å²) >= 11 is 0. The van der Waals surface area contributed by atoms with Crippen molar-refractivity contribution in [1.82, 2.24) is 5.32 Å². The molecule has 0 fully saturated rings. The van der Waals surface area contributed by atoms with Gasteiger partial charge >= 0.3 is 5.63 Å². The first-order chi connectivity index (χ1) is 12.0. The van der Waals surface area contributed by atoms with Gasteiger partial charge in [-0.05, 0) is 49.6 Å². The molecule has 0 saturated heterocycles. The number of amides is 1. The summed E-state index contributed by atoms with van der Waals surface area (Å²) < 4.78 is 5.02. The molecular weight excluding hydrogens is 324 g/mol. The first kappa shape index (κ1) is 16.9. The van der Waals surface area contributed by atoms with Crippen molar-refractivity contribution in [3.05, 3.63) is 62.2 Å². The lowest BCUT2D eigenvalue weighted by atomic mass is 9.97. The minimum atomic E-state index is -0.763. The number of rotatable bonds is 5. The highest BCUT2D eigenvalue weighted by Crippen LogP contribution is 2.20. The predicted molar refractivity (Wildman–Crippen MR) is 92.6 cm³/mol. The van der Waals surface area contributed by atoms with E-state index in [1.165, 1.54) is 36.6 Å². The lowest BCUT2D eigenvalue weighted by Crippen LogP contribution is -2.25. The van der Waals surface area contributed by atoms with Crippen LogP contribution in [0, 0.1) is 10.1 Å². The molecule has 0 unspecified atom stereocenters. The first-order valence-corrected chi connectivity index (χ1v) is 8.23. The minimum Gasteiger partial charge on any atom is -0.417 e. The van der Waals surface area contributed by atoms with E-state index in [1.54, 1.807) is 0 Å². The minimum absolute atomic E-state index is 0.0816. The van der Waals surface area contributed by atoms with Gasteiger partial charge in [0.15, 0.2) is 5.76 Å². The molecule has 7 heteroatoms. The molecule has 25 heavy (non-hydrogen) atoms. The summed E-state index contributed by atoms with van der Waals surface area (Å²) in [6.07, 6.45) is 7.57. The molecule has 1 N–H and O–H groups in total. The van der Waals surface area contributed by atoms with Crippen LogP contribution in [-0.4, -0.2) is 17.4 Å². The number of hydrogen-bond acceptors (Lipinski definition) is 5. The Morgan fingerprint density at radius 3 is 2.84 bits per heavy atom. The van der Waals surface area contributed by atoms with Crippen LogP contribution in [-0.2, 0) is 0 Å². The monoisotopic (exact) mass is 342 g/mol. The summed E-state index contributed by atoms with van der Waals surface area (Å²) in [6.45, 7) is 0.479. The summed E-state index contributed by atoms with van der Waals surface area (Å²) in [7, 11) is 0. The van der Waals surface area contributed by atoms with Gasteiger partial charge in [0.05, 0.1) is 10.3 Å². The zero-order valence-corrected chi connectivity index (χ0v) is 13.6. The molecule has 130 valence electrons. The van der Waals surface area contributed by atoms with Crippen LogP contribution in [0.15, 0.2) is 45.1 Å². The van der Waals surface area contributed by atoms with Crippen molar-refractivity contribution in [1.29, 1.82) is 0 Å². The highest BCUT2D eigenvalue weighted by molar-refractivity contribution is 5.95. The topological polar surface area (TPSA) is 102 Å². The number of nitro benzene ring substituents is 1. The van der Waals surface area contributed by atoms with Crippen molar-refractivity contribution in [2.24, 2.45) is 0 Å². The Hall–Kier alpha value is -2.96. The van der Waals surface area contributed by atoms with Crippen LogP contribution >= 0.6 is 0 Å². The van der Waals surface area contributed by atoms with E-state index in [2.05, 4.69) is 11.4 Å². The van der Waals surface area contributed by atoms with Gasteiger partial charge in [0.1, 0.15) is 0 Å². The normalized spacial score (nSPS) is 14.2. The van der Waals surface area contributed by atoms with Crippen LogP contribution in [0.1, 0.15) is 42.7 Å². The molecule has 0 spiro atoms. The molecule has 0 atom stereocenters. The van der Waals surface area contributed by atoms with Crippen molar-refractivity contribution >= 4 is 22.4 Å². The molecule has 1 aromatic carbocycles. The van der Waals surface area contributed by atoms with Crippen molar-refractivity contribution in [3.8, 4) is 0 Å². The van der Waals surface area contributed by atoms with Gasteiger partial charge in [-0.1, -0.05) is 11.6 Å². The van der Waals surface area contributed by atoms with E-state index in [1.807, 2.05) is 0 Å². The second-order valence-electron chi connectivity index (χ2n) is 6.04. The second-order valence-corrected chi connectivity index (χ2v) is 6.04. The highest BCUT2D eigenvalue weighted by Gasteiger charge is 2.15. The molecule has 7 nitrogen and oxygen atoms in total. The number of allylic oxidation sites excluding steroid dienone is 1. The standard InChI is InChI=1S/C18H18N2O5/c21-17(19-9-8-12-4-2-1-3-5-12)16-10-13-6-7-14(20(23)24)11-15(13)18(22)25-16/h4,6-7,10-11H,1-3,5,8-9H2,(H,19,21). The lowest BCUT2D eigenvalue weighted by Gasteiger charge is -2.12. The largest absolute Gasteiger partial charge is 0.417 e. The van der Waals surface area contributed by atoms with Crippen LogP contribution in [0.2, 0.25) is 0 Å². The first-order valence-electron chi connectivity index (χ1n) is 8.23. The van der Waals surface area contributed by atoms with Gasteiger partial charge in [0.25, 0.3) is 11.6 Å². The SMILES string of the molecule is O=C(NCCC1=CCCCC1)c1cc2ccc([N+](=O)[O-])cc2c(=O)o1. The van der Waals surface area contributed by atoms with Crippen LogP contribution < -0.4 is 10.9 Å². The Balaban J connectivity index is 1.73. The zero-order valence-electron chi connectivity index (χ0n) is 13.6. The average Bonchev–Trinajstić information content (AvgIpc) is 2.62. The number of non-ortho nitro benzene ring substituents is 1. The average molecular weight is 342 g/mol. The molecule has 3 rings (SSSR count). The summed E-state index contributed by atoms with van der Waals surface area (Å²) in [4.78, 5) is 34.4. The fraction of sp³-hybridized carbons (Fsp3) is 0.333. The summed E-state index contributed by atoms with van der Waals surface area (Å²) in [5.41, 5.74) is 0.387. The molecule has 0 saturated carbocycles. The number of benzene rings is 1. The number of carbonyl (C=O) groups excluding carboxylic acids is 1.